The minimum Gasteiger partial charge on any atom is -0.394 e. The highest BCUT2D eigenvalue weighted by molar-refractivity contribution is 5.00. The molecule has 0 amide bonds. The van der Waals surface area contributed by atoms with Crippen molar-refractivity contribution in [3.63, 3.8) is 0 Å². The van der Waals surface area contributed by atoms with Gasteiger partial charge in [0.1, 0.15) is 18.8 Å². The van der Waals surface area contributed by atoms with Crippen LogP contribution in [0.1, 0.15) is 6.92 Å². The van der Waals surface area contributed by atoms with E-state index in [0.29, 0.717) is 0 Å². The summed E-state index contributed by atoms with van der Waals surface area (Å²) in [5.74, 6) is 0. The Bertz CT molecular complexity index is 126. The first kappa shape index (κ1) is 7.91. The fourth-order valence-corrected chi connectivity index (χ4v) is 0.871. The average Bonchev–Trinajstić information content (AvgIpc) is 2.10. The van der Waals surface area contributed by atoms with Gasteiger partial charge < -0.3 is 14.9 Å². The van der Waals surface area contributed by atoms with Crippen molar-refractivity contribution in [3.8, 4) is 0 Å². The molecule has 10 heavy (non-hydrogen) atoms. The molecule has 1 unspecified atom stereocenters. The third kappa shape index (κ3) is 1.14. The van der Waals surface area contributed by atoms with E-state index in [1.165, 1.54) is 6.92 Å². The van der Waals surface area contributed by atoms with Crippen LogP contribution in [0.3, 0.4) is 0 Å². The molecule has 1 heterocycles. The summed E-state index contributed by atoms with van der Waals surface area (Å²) in [4.78, 5) is 0. The number of alkyl halides is 1. The Labute approximate surface area is 58.4 Å². The van der Waals surface area contributed by atoms with E-state index in [1.807, 2.05) is 0 Å². The monoisotopic (exact) mass is 149 g/mol. The number of aliphatic hydroxyl groups is 2. The highest BCUT2D eigenvalue weighted by Gasteiger charge is 2.46. The van der Waals surface area contributed by atoms with Gasteiger partial charge in [0.05, 0.1) is 6.61 Å². The van der Waals surface area contributed by atoms with Crippen molar-refractivity contribution in [1.29, 1.82) is 0 Å². The first-order valence-electron chi connectivity index (χ1n) is 3.05. The quantitative estimate of drug-likeness (QED) is 0.534. The van der Waals surface area contributed by atoms with Crippen LogP contribution in [0.4, 0.5) is 4.39 Å². The van der Waals surface area contributed by atoms with Gasteiger partial charge in [-0.1, -0.05) is 0 Å². The Morgan fingerprint density at radius 1 is 1.80 bits per heavy atom. The van der Waals surface area contributed by atoms with Crippen LogP contribution in [0.2, 0.25) is 0 Å². The third-order valence-electron chi connectivity index (χ3n) is 1.58. The van der Waals surface area contributed by atoms with Crippen molar-refractivity contribution in [2.24, 2.45) is 0 Å². The Hall–Kier alpha value is -0.190. The predicted molar refractivity (Wildman–Crippen MR) is 31.8 cm³/mol. The van der Waals surface area contributed by atoms with E-state index in [4.69, 9.17) is 10.2 Å². The normalized spacial score (nSPS) is 48.0. The topological polar surface area (TPSA) is 49.7 Å². The molecule has 1 fully saturated rings. The van der Waals surface area contributed by atoms with E-state index in [-0.39, 0.29) is 6.61 Å². The zero-order valence-electron chi connectivity index (χ0n) is 5.62. The minimum absolute atomic E-state index is 0.364. The molecule has 0 aromatic heterocycles. The van der Waals surface area contributed by atoms with Gasteiger partial charge >= 0.3 is 0 Å². The van der Waals surface area contributed by atoms with Gasteiger partial charge in [-0.25, -0.2) is 4.39 Å². The molecule has 1 saturated heterocycles. The van der Waals surface area contributed by atoms with E-state index in [2.05, 4.69) is 4.74 Å². The highest BCUT2D eigenvalue weighted by Crippen LogP contribution is 2.31. The predicted octanol–water partition coefficient (Wildman–Crippen LogP) is -0.372. The van der Waals surface area contributed by atoms with Gasteiger partial charge in [0.15, 0.2) is 5.67 Å². The lowest BCUT2D eigenvalue weighted by molar-refractivity contribution is -0.00864. The molecule has 3 atom stereocenters. The molecule has 0 aliphatic carbocycles. The van der Waals surface area contributed by atoms with Gasteiger partial charge in [-0.3, -0.25) is 0 Å². The van der Waals surface area contributed by atoms with Crippen LogP contribution >= 0.6 is 0 Å². The molecule has 1 radical (unpaired) electrons. The second-order valence-corrected chi connectivity index (χ2v) is 2.57. The van der Waals surface area contributed by atoms with Crippen LogP contribution < -0.4 is 0 Å². The summed E-state index contributed by atoms with van der Waals surface area (Å²) in [6.45, 7) is 1.75. The third-order valence-corrected chi connectivity index (χ3v) is 1.58. The zero-order valence-corrected chi connectivity index (χ0v) is 5.62. The molecule has 0 aromatic rings. The number of halogens is 1. The lowest BCUT2D eigenvalue weighted by Gasteiger charge is -2.16. The highest BCUT2D eigenvalue weighted by atomic mass is 19.1. The van der Waals surface area contributed by atoms with Gasteiger partial charge in [0.2, 0.25) is 0 Å². The fourth-order valence-electron chi connectivity index (χ4n) is 0.871. The van der Waals surface area contributed by atoms with Crippen LogP contribution in [0.25, 0.3) is 0 Å². The van der Waals surface area contributed by atoms with Crippen molar-refractivity contribution in [2.75, 3.05) is 6.61 Å². The molecule has 0 aromatic carbocycles. The standard InChI is InChI=1S/C6H10FO3/c1-6(7)3-10-4(2-8)5(6)9/h3-5,8-9H,2H2,1H3/t4-,5-,6?/m1/s1. The maximum absolute atomic E-state index is 12.9. The largest absolute Gasteiger partial charge is 0.394 e. The van der Waals surface area contributed by atoms with Crippen molar-refractivity contribution in [2.45, 2.75) is 24.8 Å². The first-order chi connectivity index (χ1) is 4.58. The van der Waals surface area contributed by atoms with E-state index >= 15 is 0 Å². The molecule has 0 saturated carbocycles. The second kappa shape index (κ2) is 2.45. The van der Waals surface area contributed by atoms with Crippen LogP contribution in [-0.4, -0.2) is 34.7 Å². The van der Waals surface area contributed by atoms with Crippen LogP contribution in [0.5, 0.6) is 0 Å². The molecule has 59 valence electrons. The Balaban J connectivity index is 2.58. The molecule has 2 N–H and O–H groups in total. The second-order valence-electron chi connectivity index (χ2n) is 2.57. The maximum Gasteiger partial charge on any atom is 0.165 e. The van der Waals surface area contributed by atoms with Crippen molar-refractivity contribution in [3.05, 3.63) is 6.61 Å². The molecular formula is C6H10FO3. The van der Waals surface area contributed by atoms with Gasteiger partial charge in [-0.15, -0.1) is 0 Å². The van der Waals surface area contributed by atoms with E-state index < -0.39 is 17.9 Å². The lowest BCUT2D eigenvalue weighted by atomic mass is 10.0. The Kier molecular flexibility index (Phi) is 1.94. The SMILES string of the molecule is CC1(F)[CH]O[C@H](CO)[C@H]1O. The number of hydrogen-bond acceptors (Lipinski definition) is 3. The summed E-state index contributed by atoms with van der Waals surface area (Å²) in [6.07, 6.45) is -2.06. The van der Waals surface area contributed by atoms with Gasteiger partial charge in [-0.05, 0) is 6.92 Å². The summed E-state index contributed by atoms with van der Waals surface area (Å²) in [6, 6.07) is 0. The molecule has 1 aliphatic rings. The van der Waals surface area contributed by atoms with E-state index in [1.54, 1.807) is 0 Å². The molecule has 0 spiro atoms. The smallest absolute Gasteiger partial charge is 0.165 e. The van der Waals surface area contributed by atoms with Gasteiger partial charge in [-0.2, -0.15) is 0 Å². The summed E-state index contributed by atoms with van der Waals surface area (Å²) < 4.78 is 17.5. The zero-order chi connectivity index (χ0) is 7.78. The summed E-state index contributed by atoms with van der Waals surface area (Å²) >= 11 is 0. The van der Waals surface area contributed by atoms with Crippen molar-refractivity contribution in [1.82, 2.24) is 0 Å². The Morgan fingerprint density at radius 3 is 2.60 bits per heavy atom. The summed E-state index contributed by atoms with van der Waals surface area (Å²) in [7, 11) is 0. The number of ether oxygens (including phenoxy) is 1. The summed E-state index contributed by atoms with van der Waals surface area (Å²) in [5.41, 5.74) is -1.83. The van der Waals surface area contributed by atoms with Crippen molar-refractivity contribution >= 4 is 0 Å². The molecule has 3 nitrogen and oxygen atoms in total. The molecule has 4 heteroatoms. The van der Waals surface area contributed by atoms with Gasteiger partial charge in [0, 0.05) is 0 Å². The van der Waals surface area contributed by atoms with Crippen LogP contribution in [-0.2, 0) is 4.74 Å². The van der Waals surface area contributed by atoms with E-state index in [0.717, 1.165) is 6.61 Å². The average molecular weight is 149 g/mol. The van der Waals surface area contributed by atoms with Crippen molar-refractivity contribution < 1.29 is 19.3 Å². The fraction of sp³-hybridized carbons (Fsp3) is 0.833. The Morgan fingerprint density at radius 2 is 2.40 bits per heavy atom. The van der Waals surface area contributed by atoms with Gasteiger partial charge in [0.25, 0.3) is 0 Å². The number of aliphatic hydroxyl groups excluding tert-OH is 2. The minimum atomic E-state index is -1.83. The maximum atomic E-state index is 12.9. The van der Waals surface area contributed by atoms with Crippen LogP contribution in [0.15, 0.2) is 0 Å². The molecular weight excluding hydrogens is 139 g/mol. The van der Waals surface area contributed by atoms with E-state index in [9.17, 15) is 4.39 Å². The molecule has 1 rings (SSSR count). The first-order valence-corrected chi connectivity index (χ1v) is 3.05. The summed E-state index contributed by atoms with van der Waals surface area (Å²) in [5, 5.41) is 17.5. The molecule has 0 bridgehead atoms. The molecule has 1 aliphatic heterocycles. The lowest BCUT2D eigenvalue weighted by Crippen LogP contribution is -2.37. The number of rotatable bonds is 1. The number of hydrogen-bond donors (Lipinski definition) is 2. The van der Waals surface area contributed by atoms with Crippen LogP contribution in [0, 0.1) is 6.61 Å².